The molecule has 1 aromatic carbocycles. The van der Waals surface area contributed by atoms with Crippen molar-refractivity contribution in [3.05, 3.63) is 65.4 Å². The number of thioether (sulfide) groups is 2. The molecule has 0 heterocycles. The standard InChI is InChI=1S/C25H34N2O4S2/c1-26(2)22-7-5-6-20(8-11-22)24(28)30-14-16-32-18-19-33-17-15-31-25(29)21-9-12-23(13-10-21)27(3)4/h6-13H,5,14-19H2,1-4H3. The molecule has 0 radical (unpaired) electrons. The SMILES string of the molecule is CN(C)C1=CCC=C(C(=O)OCCSCCSCCOC(=O)c2ccc(N(C)C)cc2)C=C1. The molecular formula is C25H34N2O4S2. The van der Waals surface area contributed by atoms with E-state index in [2.05, 4.69) is 6.08 Å². The van der Waals surface area contributed by atoms with Crippen LogP contribution in [0.15, 0.2) is 59.8 Å². The number of likely N-dealkylation sites (N-methyl/N-ethyl adjacent to an activating group) is 1. The fourth-order valence-corrected chi connectivity index (χ4v) is 4.63. The maximum absolute atomic E-state index is 12.2. The lowest BCUT2D eigenvalue weighted by molar-refractivity contribution is -0.138. The Morgan fingerprint density at radius 3 is 1.97 bits per heavy atom. The zero-order valence-electron chi connectivity index (χ0n) is 19.9. The summed E-state index contributed by atoms with van der Waals surface area (Å²) >= 11 is 3.50. The van der Waals surface area contributed by atoms with Crippen molar-refractivity contribution in [1.29, 1.82) is 0 Å². The molecule has 1 aliphatic rings. The summed E-state index contributed by atoms with van der Waals surface area (Å²) in [4.78, 5) is 28.3. The number of ether oxygens (including phenoxy) is 2. The highest BCUT2D eigenvalue weighted by molar-refractivity contribution is 8.02. The van der Waals surface area contributed by atoms with Crippen LogP contribution < -0.4 is 4.90 Å². The smallest absolute Gasteiger partial charge is 0.338 e. The zero-order chi connectivity index (χ0) is 24.1. The van der Waals surface area contributed by atoms with E-state index in [0.29, 0.717) is 24.4 Å². The van der Waals surface area contributed by atoms with E-state index in [0.717, 1.165) is 40.8 Å². The van der Waals surface area contributed by atoms with Gasteiger partial charge in [0.25, 0.3) is 0 Å². The number of carbonyl (C=O) groups is 2. The minimum absolute atomic E-state index is 0.271. The van der Waals surface area contributed by atoms with Gasteiger partial charge in [0.15, 0.2) is 0 Å². The highest BCUT2D eigenvalue weighted by atomic mass is 32.2. The van der Waals surface area contributed by atoms with Gasteiger partial charge >= 0.3 is 11.9 Å². The van der Waals surface area contributed by atoms with Gasteiger partial charge in [-0.1, -0.05) is 12.2 Å². The van der Waals surface area contributed by atoms with Crippen molar-refractivity contribution in [2.24, 2.45) is 0 Å². The van der Waals surface area contributed by atoms with Gasteiger partial charge in [0.05, 0.1) is 11.1 Å². The molecule has 2 rings (SSSR count). The van der Waals surface area contributed by atoms with Crippen molar-refractivity contribution >= 4 is 41.1 Å². The molecule has 180 valence electrons. The van der Waals surface area contributed by atoms with Crippen molar-refractivity contribution in [2.45, 2.75) is 6.42 Å². The minimum atomic E-state index is -0.288. The third-order valence-electron chi connectivity index (χ3n) is 4.76. The van der Waals surface area contributed by atoms with Crippen molar-refractivity contribution in [2.75, 3.05) is 69.3 Å². The van der Waals surface area contributed by atoms with E-state index in [1.54, 1.807) is 35.7 Å². The van der Waals surface area contributed by atoms with Crippen LogP contribution in [0.5, 0.6) is 0 Å². The molecule has 0 saturated heterocycles. The lowest BCUT2D eigenvalue weighted by atomic mass is 10.2. The molecule has 6 nitrogen and oxygen atoms in total. The highest BCUT2D eigenvalue weighted by Crippen LogP contribution is 2.15. The minimum Gasteiger partial charge on any atom is -0.461 e. The topological polar surface area (TPSA) is 59.1 Å². The molecular weight excluding hydrogens is 456 g/mol. The van der Waals surface area contributed by atoms with Crippen molar-refractivity contribution in [1.82, 2.24) is 4.90 Å². The first-order chi connectivity index (χ1) is 15.9. The van der Waals surface area contributed by atoms with Crippen LogP contribution in [0.4, 0.5) is 5.69 Å². The summed E-state index contributed by atoms with van der Waals surface area (Å²) in [6.45, 7) is 0.797. The first kappa shape index (κ1) is 26.9. The first-order valence-electron chi connectivity index (χ1n) is 10.9. The molecule has 1 aliphatic carbocycles. The number of rotatable bonds is 13. The van der Waals surface area contributed by atoms with Crippen LogP contribution in [-0.2, 0) is 14.3 Å². The predicted molar refractivity (Wildman–Crippen MR) is 140 cm³/mol. The average Bonchev–Trinajstić information content (AvgIpc) is 3.06. The monoisotopic (exact) mass is 490 g/mol. The van der Waals surface area contributed by atoms with Gasteiger partial charge in [-0.2, -0.15) is 23.5 Å². The summed E-state index contributed by atoms with van der Waals surface area (Å²) in [5, 5.41) is 0. The van der Waals surface area contributed by atoms with E-state index < -0.39 is 0 Å². The Hall–Kier alpha value is -2.32. The van der Waals surface area contributed by atoms with Gasteiger partial charge in [-0.3, -0.25) is 0 Å². The molecule has 0 unspecified atom stereocenters. The summed E-state index contributed by atoms with van der Waals surface area (Å²) in [6, 6.07) is 7.38. The molecule has 0 aliphatic heterocycles. The Labute approximate surface area is 206 Å². The van der Waals surface area contributed by atoms with Crippen LogP contribution in [0.2, 0.25) is 0 Å². The van der Waals surface area contributed by atoms with E-state index in [4.69, 9.17) is 9.47 Å². The van der Waals surface area contributed by atoms with Crippen molar-refractivity contribution in [3.63, 3.8) is 0 Å². The van der Waals surface area contributed by atoms with Gasteiger partial charge in [0.1, 0.15) is 13.2 Å². The Morgan fingerprint density at radius 2 is 1.39 bits per heavy atom. The summed E-state index contributed by atoms with van der Waals surface area (Å²) < 4.78 is 10.7. The average molecular weight is 491 g/mol. The first-order valence-corrected chi connectivity index (χ1v) is 13.2. The zero-order valence-corrected chi connectivity index (χ0v) is 21.5. The molecule has 1 aromatic rings. The van der Waals surface area contributed by atoms with Gasteiger partial charge in [-0.05, 0) is 42.8 Å². The summed E-state index contributed by atoms with van der Waals surface area (Å²) in [7, 11) is 7.88. The molecule has 0 bridgehead atoms. The van der Waals surface area contributed by atoms with Crippen molar-refractivity contribution in [3.8, 4) is 0 Å². The van der Waals surface area contributed by atoms with Gasteiger partial charge in [0, 0.05) is 62.6 Å². The molecule has 0 spiro atoms. The third kappa shape index (κ3) is 10.0. The molecule has 0 N–H and O–H groups in total. The predicted octanol–water partition coefficient (Wildman–Crippen LogP) is 4.25. The number of carbonyl (C=O) groups excluding carboxylic acids is 2. The Morgan fingerprint density at radius 1 is 0.788 bits per heavy atom. The van der Waals surface area contributed by atoms with Gasteiger partial charge in [0.2, 0.25) is 0 Å². The summed E-state index contributed by atoms with van der Waals surface area (Å²) in [5.41, 5.74) is 3.30. The summed E-state index contributed by atoms with van der Waals surface area (Å²) in [5.74, 6) is 2.89. The number of allylic oxidation sites excluding steroid dienone is 3. The van der Waals surface area contributed by atoms with Crippen LogP contribution in [0, 0.1) is 0 Å². The van der Waals surface area contributed by atoms with Crippen LogP contribution in [0.3, 0.4) is 0 Å². The van der Waals surface area contributed by atoms with Crippen LogP contribution in [-0.4, -0.2) is 81.3 Å². The summed E-state index contributed by atoms with van der Waals surface area (Å²) in [6.07, 6.45) is 8.44. The number of benzene rings is 1. The maximum Gasteiger partial charge on any atom is 0.338 e. The number of anilines is 1. The Bertz CT molecular complexity index is 862. The fraction of sp³-hybridized carbons (Fsp3) is 0.440. The van der Waals surface area contributed by atoms with E-state index in [-0.39, 0.29) is 11.9 Å². The van der Waals surface area contributed by atoms with Crippen LogP contribution in [0.25, 0.3) is 0 Å². The van der Waals surface area contributed by atoms with Gasteiger partial charge < -0.3 is 19.3 Å². The highest BCUT2D eigenvalue weighted by Gasteiger charge is 2.10. The molecule has 8 heteroatoms. The molecule has 0 amide bonds. The normalized spacial score (nSPS) is 13.0. The molecule has 0 saturated carbocycles. The lowest BCUT2D eigenvalue weighted by Gasteiger charge is -2.12. The Balaban J connectivity index is 1.48. The second-order valence-electron chi connectivity index (χ2n) is 7.69. The van der Waals surface area contributed by atoms with E-state index in [1.165, 1.54) is 0 Å². The quantitative estimate of drug-likeness (QED) is 0.300. The van der Waals surface area contributed by atoms with Crippen LogP contribution in [0.1, 0.15) is 16.8 Å². The second kappa shape index (κ2) is 14.8. The second-order valence-corrected chi connectivity index (χ2v) is 10.1. The van der Waals surface area contributed by atoms with E-state index in [1.807, 2.05) is 68.4 Å². The molecule has 0 fully saturated rings. The molecule has 0 atom stereocenters. The molecule has 0 aromatic heterocycles. The lowest BCUT2D eigenvalue weighted by Crippen LogP contribution is -2.11. The maximum atomic E-state index is 12.2. The fourth-order valence-electron chi connectivity index (χ4n) is 2.87. The largest absolute Gasteiger partial charge is 0.461 e. The Kier molecular flexibility index (Phi) is 12.0. The number of hydrogen-bond acceptors (Lipinski definition) is 8. The van der Waals surface area contributed by atoms with E-state index >= 15 is 0 Å². The van der Waals surface area contributed by atoms with Gasteiger partial charge in [-0.25, -0.2) is 9.59 Å². The molecule has 33 heavy (non-hydrogen) atoms. The van der Waals surface area contributed by atoms with Crippen LogP contribution >= 0.6 is 23.5 Å². The number of esters is 2. The number of nitrogens with zero attached hydrogens (tertiary/aromatic N) is 2. The van der Waals surface area contributed by atoms with E-state index in [9.17, 15) is 9.59 Å². The van der Waals surface area contributed by atoms with Gasteiger partial charge in [-0.15, -0.1) is 0 Å². The third-order valence-corrected chi connectivity index (χ3v) is 6.92. The van der Waals surface area contributed by atoms with Crippen molar-refractivity contribution < 1.29 is 19.1 Å². The number of hydrogen-bond donors (Lipinski definition) is 0.